The van der Waals surface area contributed by atoms with E-state index in [-0.39, 0.29) is 0 Å². The fourth-order valence-electron chi connectivity index (χ4n) is 3.26. The van der Waals surface area contributed by atoms with Gasteiger partial charge in [-0.3, -0.25) is 0 Å². The third-order valence-electron chi connectivity index (χ3n) is 4.56. The normalized spacial score (nSPS) is 26.5. The monoisotopic (exact) mass is 376 g/mol. The minimum absolute atomic E-state index is 0.340. The number of aliphatic hydroxyl groups is 2. The van der Waals surface area contributed by atoms with Crippen LogP contribution in [0.3, 0.4) is 0 Å². The summed E-state index contributed by atoms with van der Waals surface area (Å²) < 4.78 is 7.43. The van der Waals surface area contributed by atoms with E-state index in [9.17, 15) is 10.2 Å². The van der Waals surface area contributed by atoms with Gasteiger partial charge in [-0.05, 0) is 24.3 Å². The Bertz CT molecular complexity index is 986. The summed E-state index contributed by atoms with van der Waals surface area (Å²) in [4.78, 5) is 7.01. The maximum Gasteiger partial charge on any atom is 0.185 e. The molecular formula is C16H17ClN6O3. The van der Waals surface area contributed by atoms with Gasteiger partial charge in [0.2, 0.25) is 0 Å². The Morgan fingerprint density at radius 2 is 2.04 bits per heavy atom. The molecule has 10 heteroatoms. The number of aliphatic hydroxyl groups excluding tert-OH is 2. The van der Waals surface area contributed by atoms with Gasteiger partial charge in [-0.2, -0.15) is 10.2 Å². The van der Waals surface area contributed by atoms with Crippen LogP contribution in [-0.4, -0.2) is 48.3 Å². The van der Waals surface area contributed by atoms with Crippen LogP contribution in [0.5, 0.6) is 5.75 Å². The van der Waals surface area contributed by atoms with Crippen molar-refractivity contribution in [2.45, 2.75) is 30.8 Å². The Hall–Kier alpha value is -2.62. The molecule has 0 amide bonds. The predicted molar refractivity (Wildman–Crippen MR) is 93.2 cm³/mol. The van der Waals surface area contributed by atoms with Crippen molar-refractivity contribution in [1.82, 2.24) is 19.7 Å². The molecule has 2 heterocycles. The molecule has 26 heavy (non-hydrogen) atoms. The summed E-state index contributed by atoms with van der Waals surface area (Å²) in [6.45, 7) is 0. The average Bonchev–Trinajstić information content (AvgIpc) is 3.20. The molecule has 0 radical (unpaired) electrons. The van der Waals surface area contributed by atoms with E-state index >= 15 is 0 Å². The smallest absolute Gasteiger partial charge is 0.185 e. The van der Waals surface area contributed by atoms with Gasteiger partial charge >= 0.3 is 0 Å². The summed E-state index contributed by atoms with van der Waals surface area (Å²) in [7, 11) is 0. The van der Waals surface area contributed by atoms with Crippen molar-refractivity contribution in [3.8, 4) is 5.75 Å². The number of nitrogens with zero attached hydrogens (tertiary/aromatic N) is 4. The minimum atomic E-state index is -1.06. The van der Waals surface area contributed by atoms with Crippen molar-refractivity contribution >= 4 is 22.6 Å². The van der Waals surface area contributed by atoms with Gasteiger partial charge in [0.05, 0.1) is 24.0 Å². The van der Waals surface area contributed by atoms with Crippen LogP contribution in [-0.2, 0) is 0 Å². The van der Waals surface area contributed by atoms with Gasteiger partial charge in [0.1, 0.15) is 29.7 Å². The van der Waals surface area contributed by atoms with Crippen LogP contribution in [0, 0.1) is 0 Å². The van der Waals surface area contributed by atoms with Crippen molar-refractivity contribution in [2.75, 3.05) is 0 Å². The molecule has 4 atom stereocenters. The lowest BCUT2D eigenvalue weighted by molar-refractivity contribution is -0.0172. The lowest BCUT2D eigenvalue weighted by Crippen LogP contribution is -2.34. The molecule has 0 unspecified atom stereocenters. The third kappa shape index (κ3) is 2.79. The quantitative estimate of drug-likeness (QED) is 0.383. The Balaban J connectivity index is 1.63. The van der Waals surface area contributed by atoms with Gasteiger partial charge in [0.15, 0.2) is 5.49 Å². The molecule has 9 nitrogen and oxygen atoms in total. The van der Waals surface area contributed by atoms with Crippen molar-refractivity contribution in [2.24, 2.45) is 10.9 Å². The van der Waals surface area contributed by atoms with E-state index in [1.54, 1.807) is 35.1 Å². The summed E-state index contributed by atoms with van der Waals surface area (Å²) in [5.41, 5.74) is 0.944. The molecular weight excluding hydrogens is 360 g/mol. The van der Waals surface area contributed by atoms with E-state index in [2.05, 4.69) is 20.2 Å². The van der Waals surface area contributed by atoms with Crippen LogP contribution in [0.25, 0.3) is 11.0 Å². The number of aromatic amines is 1. The highest BCUT2D eigenvalue weighted by molar-refractivity contribution is 6.30. The summed E-state index contributed by atoms with van der Waals surface area (Å²) in [5.74, 6) is 5.91. The average molecular weight is 377 g/mol. The summed E-state index contributed by atoms with van der Waals surface area (Å²) in [6, 6.07) is 6.35. The zero-order chi connectivity index (χ0) is 18.3. The van der Waals surface area contributed by atoms with Gasteiger partial charge in [0, 0.05) is 11.4 Å². The molecule has 1 fully saturated rings. The molecule has 1 aromatic carbocycles. The number of hydrogen-bond donors (Lipinski definition) is 4. The number of aromatic nitrogens is 4. The second-order valence-corrected chi connectivity index (χ2v) is 6.54. The number of nitrogens with one attached hydrogen (secondary N) is 1. The lowest BCUT2D eigenvalue weighted by Gasteiger charge is -2.18. The second kappa shape index (κ2) is 6.60. The number of halogens is 1. The molecule has 0 bridgehead atoms. The topological polar surface area (TPSA) is 135 Å². The Labute approximate surface area is 152 Å². The van der Waals surface area contributed by atoms with Crippen molar-refractivity contribution in [3.63, 3.8) is 0 Å². The van der Waals surface area contributed by atoms with Crippen LogP contribution >= 0.6 is 11.6 Å². The molecule has 2 aromatic heterocycles. The van der Waals surface area contributed by atoms with Crippen molar-refractivity contribution in [3.05, 3.63) is 47.3 Å². The fourth-order valence-corrected chi connectivity index (χ4v) is 3.39. The predicted octanol–water partition coefficient (Wildman–Crippen LogP) is 0.301. The molecule has 0 saturated heterocycles. The van der Waals surface area contributed by atoms with Crippen LogP contribution in [0.1, 0.15) is 12.5 Å². The maximum atomic E-state index is 10.5. The van der Waals surface area contributed by atoms with Gasteiger partial charge in [0.25, 0.3) is 0 Å². The number of fused-ring (bicyclic) bond motifs is 1. The number of H-pyrrole nitrogens is 1. The van der Waals surface area contributed by atoms with Crippen molar-refractivity contribution < 1.29 is 14.9 Å². The second-order valence-electron chi connectivity index (χ2n) is 6.10. The number of hydrogen-bond acceptors (Lipinski definition) is 7. The molecule has 1 aliphatic rings. The van der Waals surface area contributed by atoms with Gasteiger partial charge in [-0.15, -0.1) is 0 Å². The van der Waals surface area contributed by atoms with Crippen LogP contribution < -0.4 is 16.1 Å². The first-order valence-corrected chi connectivity index (χ1v) is 8.39. The van der Waals surface area contributed by atoms with E-state index in [0.717, 1.165) is 0 Å². The van der Waals surface area contributed by atoms with E-state index in [1.807, 2.05) is 0 Å². The summed E-state index contributed by atoms with van der Waals surface area (Å²) in [6.07, 6.45) is 0.692. The SMILES string of the molecule is N/N=c1/nc[nH]c2c1cnn2[C@@H]1C[C@H](Oc2ccc(Cl)cc2)[C@@H](O)[C@H]1O. The first-order valence-electron chi connectivity index (χ1n) is 8.01. The molecule has 0 spiro atoms. The van der Waals surface area contributed by atoms with Crippen molar-refractivity contribution in [1.29, 1.82) is 0 Å². The van der Waals surface area contributed by atoms with E-state index in [0.29, 0.717) is 33.7 Å². The van der Waals surface area contributed by atoms with Crippen LogP contribution in [0.4, 0.5) is 0 Å². The summed E-state index contributed by atoms with van der Waals surface area (Å²) in [5, 5.41) is 30.1. The standard InChI is InChI=1S/C16H17ClN6O3/c17-8-1-3-9(4-2-8)26-12-5-11(13(24)14(12)25)23-16-10(6-21-23)15(22-18)19-7-20-16/h1-4,6-7,11-14,24-25H,5,18H2,(H,19,20,22)/t11-,12+,13+,14-/m1/s1. The zero-order valence-corrected chi connectivity index (χ0v) is 14.3. The first-order chi connectivity index (χ1) is 12.6. The molecule has 0 aliphatic heterocycles. The highest BCUT2D eigenvalue weighted by Crippen LogP contribution is 2.34. The van der Waals surface area contributed by atoms with E-state index in [1.165, 1.54) is 6.33 Å². The van der Waals surface area contributed by atoms with Gasteiger partial charge in [-0.25, -0.2) is 9.67 Å². The summed E-state index contributed by atoms with van der Waals surface area (Å²) >= 11 is 5.87. The molecule has 3 aromatic rings. The Morgan fingerprint density at radius 3 is 2.77 bits per heavy atom. The third-order valence-corrected chi connectivity index (χ3v) is 4.81. The number of ether oxygens (including phenoxy) is 1. The maximum absolute atomic E-state index is 10.5. The van der Waals surface area contributed by atoms with Gasteiger partial charge in [-0.1, -0.05) is 11.6 Å². The minimum Gasteiger partial charge on any atom is -0.488 e. The first kappa shape index (κ1) is 16.8. The van der Waals surface area contributed by atoms with Crippen LogP contribution in [0.2, 0.25) is 5.02 Å². The van der Waals surface area contributed by atoms with E-state index < -0.39 is 24.4 Å². The highest BCUT2D eigenvalue weighted by Gasteiger charge is 2.45. The number of benzene rings is 1. The Kier molecular flexibility index (Phi) is 4.27. The zero-order valence-electron chi connectivity index (χ0n) is 13.5. The molecule has 136 valence electrons. The fraction of sp³-hybridized carbons (Fsp3) is 0.312. The molecule has 5 N–H and O–H groups in total. The van der Waals surface area contributed by atoms with E-state index in [4.69, 9.17) is 22.2 Å². The lowest BCUT2D eigenvalue weighted by atomic mass is 10.2. The largest absolute Gasteiger partial charge is 0.488 e. The number of rotatable bonds is 3. The van der Waals surface area contributed by atoms with Gasteiger partial charge < -0.3 is 25.8 Å². The molecule has 1 saturated carbocycles. The Morgan fingerprint density at radius 1 is 1.27 bits per heavy atom. The van der Waals surface area contributed by atoms with Crippen LogP contribution in [0.15, 0.2) is 41.9 Å². The highest BCUT2D eigenvalue weighted by atomic mass is 35.5. The molecule has 1 aliphatic carbocycles. The molecule has 4 rings (SSSR count). The number of nitrogens with two attached hydrogens (primary N) is 1.